The minimum atomic E-state index is -0.361. The number of aromatic nitrogens is 2. The van der Waals surface area contributed by atoms with Crippen molar-refractivity contribution in [3.05, 3.63) is 81.9 Å². The summed E-state index contributed by atoms with van der Waals surface area (Å²) in [5, 5.41) is 7.59. The molecule has 7 heteroatoms. The maximum atomic E-state index is 12.9. The van der Waals surface area contributed by atoms with E-state index in [4.69, 9.17) is 0 Å². The van der Waals surface area contributed by atoms with Crippen LogP contribution < -0.4 is 10.9 Å². The smallest absolute Gasteiger partial charge is 0.271 e. The monoisotopic (exact) mass is 383 g/mol. The Labute approximate surface area is 160 Å². The molecule has 2 aromatic carbocycles. The van der Waals surface area contributed by atoms with Crippen LogP contribution in [0.4, 0.5) is 10.1 Å². The van der Waals surface area contributed by atoms with Crippen molar-refractivity contribution in [2.45, 2.75) is 18.9 Å². The van der Waals surface area contributed by atoms with Crippen molar-refractivity contribution >= 4 is 23.4 Å². The molecule has 1 amide bonds. The lowest BCUT2D eigenvalue weighted by atomic mass is 10.1. The van der Waals surface area contributed by atoms with E-state index in [9.17, 15) is 14.0 Å². The van der Waals surface area contributed by atoms with E-state index in [1.54, 1.807) is 6.07 Å². The molecule has 0 saturated heterocycles. The zero-order chi connectivity index (χ0) is 19.4. The van der Waals surface area contributed by atoms with Gasteiger partial charge in [0, 0.05) is 11.8 Å². The molecule has 0 aliphatic rings. The topological polar surface area (TPSA) is 64.0 Å². The van der Waals surface area contributed by atoms with Gasteiger partial charge < -0.3 is 5.32 Å². The Kier molecular flexibility index (Phi) is 5.71. The van der Waals surface area contributed by atoms with Gasteiger partial charge in [-0.3, -0.25) is 9.59 Å². The Morgan fingerprint density at radius 1 is 1.07 bits per heavy atom. The Bertz CT molecular complexity index is 1030. The first-order chi connectivity index (χ1) is 12.9. The maximum absolute atomic E-state index is 12.9. The fourth-order valence-electron chi connectivity index (χ4n) is 2.38. The second-order valence-corrected chi connectivity index (χ2v) is 7.03. The number of amides is 1. The number of carbonyl (C=O) groups is 1. The van der Waals surface area contributed by atoms with Crippen LogP contribution in [0.5, 0.6) is 0 Å². The van der Waals surface area contributed by atoms with Crippen LogP contribution in [0.3, 0.4) is 0 Å². The number of hydrogen-bond donors (Lipinski definition) is 1. The molecule has 27 heavy (non-hydrogen) atoms. The van der Waals surface area contributed by atoms with Gasteiger partial charge in [0.25, 0.3) is 5.56 Å². The van der Waals surface area contributed by atoms with E-state index in [2.05, 4.69) is 10.4 Å². The molecule has 3 rings (SSSR count). The van der Waals surface area contributed by atoms with Crippen molar-refractivity contribution in [3.63, 3.8) is 0 Å². The van der Waals surface area contributed by atoms with Gasteiger partial charge in [-0.05, 0) is 67.4 Å². The lowest BCUT2D eigenvalue weighted by Crippen LogP contribution is -2.21. The standard InChI is InChI=1S/C20H18FN3O2S/c1-13-3-8-17(11-14(13)2)24-20(26)10-9-19(23-24)27-12-18(25)22-16-6-4-15(21)5-7-16/h3-11H,12H2,1-2H3,(H,22,25). The molecule has 0 unspecified atom stereocenters. The first-order valence-electron chi connectivity index (χ1n) is 8.28. The summed E-state index contributed by atoms with van der Waals surface area (Å²) >= 11 is 1.22. The third-order valence-electron chi connectivity index (χ3n) is 3.99. The molecule has 138 valence electrons. The van der Waals surface area contributed by atoms with Crippen LogP contribution in [0, 0.1) is 19.7 Å². The van der Waals surface area contributed by atoms with Gasteiger partial charge in [-0.1, -0.05) is 17.8 Å². The van der Waals surface area contributed by atoms with Gasteiger partial charge in [0.15, 0.2) is 0 Å². The molecule has 0 aliphatic heterocycles. The molecular formula is C20H18FN3O2S. The van der Waals surface area contributed by atoms with Crippen molar-refractivity contribution in [1.29, 1.82) is 0 Å². The summed E-state index contributed by atoms with van der Waals surface area (Å²) in [7, 11) is 0. The number of benzene rings is 2. The van der Waals surface area contributed by atoms with Crippen LogP contribution in [0.2, 0.25) is 0 Å². The van der Waals surface area contributed by atoms with E-state index in [1.807, 2.05) is 32.0 Å². The number of carbonyl (C=O) groups excluding carboxylic acids is 1. The van der Waals surface area contributed by atoms with E-state index in [0.717, 1.165) is 11.1 Å². The largest absolute Gasteiger partial charge is 0.325 e. The third kappa shape index (κ3) is 4.83. The highest BCUT2D eigenvalue weighted by molar-refractivity contribution is 7.99. The van der Waals surface area contributed by atoms with Gasteiger partial charge in [-0.2, -0.15) is 9.78 Å². The normalized spacial score (nSPS) is 10.6. The van der Waals surface area contributed by atoms with Gasteiger partial charge in [-0.15, -0.1) is 0 Å². The zero-order valence-electron chi connectivity index (χ0n) is 14.9. The van der Waals surface area contributed by atoms with Gasteiger partial charge >= 0.3 is 0 Å². The minimum Gasteiger partial charge on any atom is -0.325 e. The van der Waals surface area contributed by atoms with E-state index in [0.29, 0.717) is 16.4 Å². The number of halogens is 1. The molecule has 0 bridgehead atoms. The van der Waals surface area contributed by atoms with Crippen LogP contribution in [-0.2, 0) is 4.79 Å². The fraction of sp³-hybridized carbons (Fsp3) is 0.150. The van der Waals surface area contributed by atoms with Crippen LogP contribution in [-0.4, -0.2) is 21.4 Å². The summed E-state index contributed by atoms with van der Waals surface area (Å²) in [6.07, 6.45) is 0. The minimum absolute atomic E-state index is 0.121. The first kappa shape index (κ1) is 18.8. The van der Waals surface area contributed by atoms with Gasteiger partial charge in [0.2, 0.25) is 5.91 Å². The molecule has 0 spiro atoms. The van der Waals surface area contributed by atoms with Crippen LogP contribution in [0.1, 0.15) is 11.1 Å². The SMILES string of the molecule is Cc1ccc(-n2nc(SCC(=O)Nc3ccc(F)cc3)ccc2=O)cc1C. The van der Waals surface area contributed by atoms with Crippen molar-refractivity contribution in [2.75, 3.05) is 11.1 Å². The highest BCUT2D eigenvalue weighted by atomic mass is 32.2. The first-order valence-corrected chi connectivity index (χ1v) is 9.27. The summed E-state index contributed by atoms with van der Waals surface area (Å²) < 4.78 is 14.2. The highest BCUT2D eigenvalue weighted by Crippen LogP contribution is 2.17. The number of anilines is 1. The predicted molar refractivity (Wildman–Crippen MR) is 105 cm³/mol. The lowest BCUT2D eigenvalue weighted by Gasteiger charge is -2.09. The average molecular weight is 383 g/mol. The second-order valence-electron chi connectivity index (χ2n) is 6.03. The Balaban J connectivity index is 1.70. The Morgan fingerprint density at radius 2 is 1.81 bits per heavy atom. The maximum Gasteiger partial charge on any atom is 0.271 e. The van der Waals surface area contributed by atoms with Crippen LogP contribution in [0.15, 0.2) is 64.4 Å². The van der Waals surface area contributed by atoms with Gasteiger partial charge in [0.05, 0.1) is 11.4 Å². The molecule has 0 fully saturated rings. The molecule has 0 aliphatic carbocycles. The van der Waals surface area contributed by atoms with Gasteiger partial charge in [-0.25, -0.2) is 4.39 Å². The Morgan fingerprint density at radius 3 is 2.52 bits per heavy atom. The molecule has 1 N–H and O–H groups in total. The average Bonchev–Trinajstić information content (AvgIpc) is 2.65. The quantitative estimate of drug-likeness (QED) is 0.682. The summed E-state index contributed by atoms with van der Waals surface area (Å²) in [5.74, 6) is -0.479. The molecule has 1 aromatic heterocycles. The molecule has 5 nitrogen and oxygen atoms in total. The molecule has 3 aromatic rings. The van der Waals surface area contributed by atoms with E-state index in [-0.39, 0.29) is 23.0 Å². The summed E-state index contributed by atoms with van der Waals surface area (Å²) in [6.45, 7) is 3.98. The third-order valence-corrected chi connectivity index (χ3v) is 4.91. The Hall–Kier alpha value is -2.93. The highest BCUT2D eigenvalue weighted by Gasteiger charge is 2.08. The van der Waals surface area contributed by atoms with E-state index < -0.39 is 0 Å². The number of aryl methyl sites for hydroxylation is 2. The number of nitrogens with zero attached hydrogens (tertiary/aromatic N) is 2. The molecule has 1 heterocycles. The summed E-state index contributed by atoms with van der Waals surface area (Å²) in [4.78, 5) is 24.2. The lowest BCUT2D eigenvalue weighted by molar-refractivity contribution is -0.113. The van der Waals surface area contributed by atoms with Crippen LogP contribution in [0.25, 0.3) is 5.69 Å². The molecule has 0 atom stereocenters. The van der Waals surface area contributed by atoms with E-state index >= 15 is 0 Å². The number of rotatable bonds is 5. The summed E-state index contributed by atoms with van der Waals surface area (Å²) in [5.41, 5.74) is 3.17. The van der Waals surface area contributed by atoms with Crippen molar-refractivity contribution < 1.29 is 9.18 Å². The van der Waals surface area contributed by atoms with Crippen LogP contribution >= 0.6 is 11.8 Å². The van der Waals surface area contributed by atoms with Crippen molar-refractivity contribution in [2.24, 2.45) is 0 Å². The fourth-order valence-corrected chi connectivity index (χ4v) is 3.04. The summed E-state index contributed by atoms with van der Waals surface area (Å²) in [6, 6.07) is 14.3. The number of hydrogen-bond acceptors (Lipinski definition) is 4. The van der Waals surface area contributed by atoms with Crippen molar-refractivity contribution in [3.8, 4) is 5.69 Å². The second kappa shape index (κ2) is 8.18. The molecule has 0 saturated carbocycles. The molecule has 0 radical (unpaired) electrons. The van der Waals surface area contributed by atoms with E-state index in [1.165, 1.54) is 46.8 Å². The van der Waals surface area contributed by atoms with Crippen molar-refractivity contribution in [1.82, 2.24) is 9.78 Å². The number of thioether (sulfide) groups is 1. The zero-order valence-corrected chi connectivity index (χ0v) is 15.7. The number of nitrogens with one attached hydrogen (secondary N) is 1. The molecular weight excluding hydrogens is 365 g/mol. The predicted octanol–water partition coefficient (Wildman–Crippen LogP) is 3.72. The van der Waals surface area contributed by atoms with Gasteiger partial charge in [0.1, 0.15) is 10.8 Å².